The Morgan fingerprint density at radius 3 is 2.86 bits per heavy atom. The molecule has 0 aliphatic heterocycles. The summed E-state index contributed by atoms with van der Waals surface area (Å²) in [7, 11) is 3.50. The summed E-state index contributed by atoms with van der Waals surface area (Å²) in [6.45, 7) is 0. The summed E-state index contributed by atoms with van der Waals surface area (Å²) in [5, 5.41) is 7.05. The lowest BCUT2D eigenvalue weighted by Gasteiger charge is -1.89. The van der Waals surface area contributed by atoms with Gasteiger partial charge >= 0.3 is 0 Å². The van der Waals surface area contributed by atoms with Crippen LogP contribution in [0.1, 0.15) is 0 Å². The third kappa shape index (κ3) is 1.48. The highest BCUT2D eigenvalue weighted by molar-refractivity contribution is 7.14. The first-order valence-corrected chi connectivity index (χ1v) is 4.85. The maximum atomic E-state index is 13.4. The molecule has 0 aliphatic carbocycles. The van der Waals surface area contributed by atoms with Crippen LogP contribution >= 0.6 is 11.3 Å². The minimum atomic E-state index is -0.289. The summed E-state index contributed by atoms with van der Waals surface area (Å²) in [5.41, 5.74) is 1.05. The number of nitrogens with zero attached hydrogens (tertiary/aromatic N) is 3. The maximum absolute atomic E-state index is 13.4. The van der Waals surface area contributed by atoms with E-state index in [2.05, 4.69) is 15.4 Å². The van der Waals surface area contributed by atoms with Gasteiger partial charge in [-0.1, -0.05) is 11.3 Å². The summed E-state index contributed by atoms with van der Waals surface area (Å²) in [6, 6.07) is 0. The standard InChI is InChI=1S/C8H9FN4S/c1-10-8-12-6(7(9)14-8)5-3-11-13(2)4-5/h3-4H,1-2H3,(H,10,12). The van der Waals surface area contributed by atoms with Crippen molar-refractivity contribution >= 4 is 16.5 Å². The van der Waals surface area contributed by atoms with E-state index in [0.29, 0.717) is 16.4 Å². The molecule has 0 fully saturated rings. The molecule has 0 unspecified atom stereocenters. The van der Waals surface area contributed by atoms with Crippen molar-refractivity contribution in [3.05, 3.63) is 17.5 Å². The quantitative estimate of drug-likeness (QED) is 0.824. The summed E-state index contributed by atoms with van der Waals surface area (Å²) in [4.78, 5) is 4.09. The Kier molecular flexibility index (Phi) is 2.20. The number of hydrogen-bond acceptors (Lipinski definition) is 4. The molecule has 0 aromatic carbocycles. The normalized spacial score (nSPS) is 10.5. The Morgan fingerprint density at radius 2 is 2.36 bits per heavy atom. The van der Waals surface area contributed by atoms with E-state index in [4.69, 9.17) is 0 Å². The second-order valence-electron chi connectivity index (χ2n) is 2.79. The van der Waals surface area contributed by atoms with Gasteiger partial charge in [-0.15, -0.1) is 0 Å². The van der Waals surface area contributed by atoms with E-state index in [-0.39, 0.29) is 5.13 Å². The molecule has 0 amide bonds. The fraction of sp³-hybridized carbons (Fsp3) is 0.250. The van der Waals surface area contributed by atoms with Crippen molar-refractivity contribution in [2.45, 2.75) is 0 Å². The van der Waals surface area contributed by atoms with E-state index < -0.39 is 0 Å². The van der Waals surface area contributed by atoms with Crippen LogP contribution in [0.5, 0.6) is 0 Å². The molecule has 14 heavy (non-hydrogen) atoms. The minimum Gasteiger partial charge on any atom is -0.364 e. The molecular weight excluding hydrogens is 203 g/mol. The van der Waals surface area contributed by atoms with E-state index in [1.165, 1.54) is 0 Å². The molecular formula is C8H9FN4S. The van der Waals surface area contributed by atoms with Crippen molar-refractivity contribution in [1.82, 2.24) is 14.8 Å². The molecule has 0 spiro atoms. The van der Waals surface area contributed by atoms with E-state index in [9.17, 15) is 4.39 Å². The lowest BCUT2D eigenvalue weighted by Crippen LogP contribution is -1.86. The molecule has 4 nitrogen and oxygen atoms in total. The van der Waals surface area contributed by atoms with Crippen molar-refractivity contribution in [1.29, 1.82) is 0 Å². The Labute approximate surface area is 84.4 Å². The molecule has 0 saturated carbocycles. The SMILES string of the molecule is CNc1nc(-c2cnn(C)c2)c(F)s1. The highest BCUT2D eigenvalue weighted by atomic mass is 32.1. The van der Waals surface area contributed by atoms with Crippen molar-refractivity contribution in [3.63, 3.8) is 0 Å². The Morgan fingerprint density at radius 1 is 1.57 bits per heavy atom. The number of thiazole rings is 1. The fourth-order valence-electron chi connectivity index (χ4n) is 1.13. The van der Waals surface area contributed by atoms with Gasteiger partial charge in [-0.05, 0) is 0 Å². The number of aryl methyl sites for hydroxylation is 1. The van der Waals surface area contributed by atoms with Crippen LogP contribution in [0.15, 0.2) is 12.4 Å². The molecule has 2 aromatic heterocycles. The Hall–Kier alpha value is -1.43. The monoisotopic (exact) mass is 212 g/mol. The van der Waals surface area contributed by atoms with Gasteiger partial charge < -0.3 is 5.32 Å². The summed E-state index contributed by atoms with van der Waals surface area (Å²) in [5.74, 6) is 0. The zero-order chi connectivity index (χ0) is 10.1. The second-order valence-corrected chi connectivity index (χ2v) is 3.74. The van der Waals surface area contributed by atoms with Crippen LogP contribution in [0, 0.1) is 5.13 Å². The van der Waals surface area contributed by atoms with Crippen LogP contribution in [0.4, 0.5) is 9.52 Å². The van der Waals surface area contributed by atoms with Crippen LogP contribution in [-0.2, 0) is 7.05 Å². The molecule has 0 bridgehead atoms. The van der Waals surface area contributed by atoms with Gasteiger partial charge in [-0.3, -0.25) is 4.68 Å². The van der Waals surface area contributed by atoms with Gasteiger partial charge in [0.1, 0.15) is 5.69 Å². The topological polar surface area (TPSA) is 42.7 Å². The molecule has 0 saturated heterocycles. The van der Waals surface area contributed by atoms with E-state index in [0.717, 1.165) is 11.3 Å². The highest BCUT2D eigenvalue weighted by Gasteiger charge is 2.13. The van der Waals surface area contributed by atoms with Gasteiger partial charge in [-0.2, -0.15) is 9.49 Å². The van der Waals surface area contributed by atoms with E-state index >= 15 is 0 Å². The van der Waals surface area contributed by atoms with Gasteiger partial charge in [-0.25, -0.2) is 4.98 Å². The lowest BCUT2D eigenvalue weighted by atomic mass is 10.3. The summed E-state index contributed by atoms with van der Waals surface area (Å²) >= 11 is 0.993. The predicted molar refractivity (Wildman–Crippen MR) is 53.8 cm³/mol. The number of hydrogen-bond donors (Lipinski definition) is 1. The molecule has 0 aliphatic rings. The van der Waals surface area contributed by atoms with Crippen molar-refractivity contribution in [3.8, 4) is 11.3 Å². The van der Waals surface area contributed by atoms with Gasteiger partial charge in [0, 0.05) is 25.9 Å². The molecule has 6 heteroatoms. The van der Waals surface area contributed by atoms with Gasteiger partial charge in [0.2, 0.25) is 5.13 Å². The molecule has 2 heterocycles. The number of rotatable bonds is 2. The van der Waals surface area contributed by atoms with Crippen LogP contribution < -0.4 is 5.32 Å². The minimum absolute atomic E-state index is 0.289. The van der Waals surface area contributed by atoms with E-state index in [1.807, 2.05) is 0 Å². The van der Waals surface area contributed by atoms with Gasteiger partial charge in [0.15, 0.2) is 5.13 Å². The van der Waals surface area contributed by atoms with E-state index in [1.54, 1.807) is 31.2 Å². The second kappa shape index (κ2) is 3.38. The maximum Gasteiger partial charge on any atom is 0.206 e. The highest BCUT2D eigenvalue weighted by Crippen LogP contribution is 2.28. The molecule has 74 valence electrons. The number of halogens is 1. The third-order valence-electron chi connectivity index (χ3n) is 1.78. The fourth-order valence-corrected chi connectivity index (χ4v) is 1.80. The largest absolute Gasteiger partial charge is 0.364 e. The number of anilines is 1. The lowest BCUT2D eigenvalue weighted by molar-refractivity contribution is 0.657. The van der Waals surface area contributed by atoms with Crippen LogP contribution in [0.3, 0.4) is 0 Å². The average molecular weight is 212 g/mol. The van der Waals surface area contributed by atoms with Crippen molar-refractivity contribution in [2.24, 2.45) is 7.05 Å². The zero-order valence-electron chi connectivity index (χ0n) is 7.78. The van der Waals surface area contributed by atoms with Crippen molar-refractivity contribution in [2.75, 3.05) is 12.4 Å². The number of nitrogens with one attached hydrogen (secondary N) is 1. The first-order chi connectivity index (χ1) is 6.70. The van der Waals surface area contributed by atoms with Crippen molar-refractivity contribution < 1.29 is 4.39 Å². The van der Waals surface area contributed by atoms with Crippen LogP contribution in [0.2, 0.25) is 0 Å². The first kappa shape index (κ1) is 9.14. The molecule has 2 rings (SSSR count). The predicted octanol–water partition coefficient (Wildman–Crippen LogP) is 1.72. The average Bonchev–Trinajstić information content (AvgIpc) is 2.71. The third-order valence-corrected chi connectivity index (χ3v) is 2.64. The van der Waals surface area contributed by atoms with Crippen LogP contribution in [-0.4, -0.2) is 21.8 Å². The molecule has 1 N–H and O–H groups in total. The van der Waals surface area contributed by atoms with Gasteiger partial charge in [0.25, 0.3) is 0 Å². The van der Waals surface area contributed by atoms with Gasteiger partial charge in [0.05, 0.1) is 6.20 Å². The molecule has 0 atom stereocenters. The van der Waals surface area contributed by atoms with Crippen LogP contribution in [0.25, 0.3) is 11.3 Å². The Bertz CT molecular complexity index is 448. The number of aromatic nitrogens is 3. The molecule has 2 aromatic rings. The summed E-state index contributed by atoms with van der Waals surface area (Å²) in [6.07, 6.45) is 3.33. The first-order valence-electron chi connectivity index (χ1n) is 4.04. The Balaban J connectivity index is 2.45. The summed E-state index contributed by atoms with van der Waals surface area (Å²) < 4.78 is 15.0. The zero-order valence-corrected chi connectivity index (χ0v) is 8.60. The smallest absolute Gasteiger partial charge is 0.206 e. The molecule has 0 radical (unpaired) electrons.